The number of rotatable bonds is 7. The molecule has 1 aliphatic carbocycles. The van der Waals surface area contributed by atoms with Gasteiger partial charge in [0.1, 0.15) is 0 Å². The van der Waals surface area contributed by atoms with Crippen LogP contribution in [0.1, 0.15) is 44.1 Å². The molecular formula is C20H31N3O3. The molecule has 0 radical (unpaired) electrons. The van der Waals surface area contributed by atoms with E-state index in [1.165, 1.54) is 12.8 Å². The number of benzene rings is 1. The number of aliphatic imine (C=N–C) groups is 1. The van der Waals surface area contributed by atoms with Gasteiger partial charge in [0.15, 0.2) is 17.5 Å². The van der Waals surface area contributed by atoms with Crippen molar-refractivity contribution in [2.45, 2.75) is 57.3 Å². The molecule has 2 aliphatic rings. The summed E-state index contributed by atoms with van der Waals surface area (Å²) in [6, 6.07) is 6.12. The molecule has 1 atom stereocenters. The van der Waals surface area contributed by atoms with Crippen LogP contribution in [-0.2, 0) is 11.3 Å². The van der Waals surface area contributed by atoms with Gasteiger partial charge in [0.25, 0.3) is 0 Å². The summed E-state index contributed by atoms with van der Waals surface area (Å²) >= 11 is 0. The molecule has 0 amide bonds. The second-order valence-electron chi connectivity index (χ2n) is 6.95. The normalized spacial score (nSPS) is 21.0. The van der Waals surface area contributed by atoms with Gasteiger partial charge in [-0.15, -0.1) is 0 Å². The van der Waals surface area contributed by atoms with Gasteiger partial charge >= 0.3 is 0 Å². The summed E-state index contributed by atoms with van der Waals surface area (Å²) in [6.07, 6.45) is 7.67. The molecule has 1 aromatic rings. The van der Waals surface area contributed by atoms with E-state index in [4.69, 9.17) is 14.2 Å². The summed E-state index contributed by atoms with van der Waals surface area (Å²) in [4.78, 5) is 4.28. The molecule has 0 bridgehead atoms. The molecule has 144 valence electrons. The fourth-order valence-corrected chi connectivity index (χ4v) is 3.53. The maximum absolute atomic E-state index is 6.10. The number of ether oxygens (including phenoxy) is 3. The Bertz CT molecular complexity index is 594. The maximum atomic E-state index is 6.10. The van der Waals surface area contributed by atoms with Crippen molar-refractivity contribution < 1.29 is 14.2 Å². The SMILES string of the molecule is CN=C(NCc1ccc(OC2CCCC2)c(OC)c1)NCC1CCCO1. The highest BCUT2D eigenvalue weighted by molar-refractivity contribution is 5.79. The first-order valence-electron chi connectivity index (χ1n) is 9.68. The van der Waals surface area contributed by atoms with Gasteiger partial charge in [0.05, 0.1) is 19.3 Å². The highest BCUT2D eigenvalue weighted by atomic mass is 16.5. The predicted octanol–water partition coefficient (Wildman–Crippen LogP) is 2.86. The van der Waals surface area contributed by atoms with Crippen molar-refractivity contribution in [2.75, 3.05) is 27.3 Å². The zero-order valence-electron chi connectivity index (χ0n) is 15.9. The Morgan fingerprint density at radius 2 is 2.00 bits per heavy atom. The highest BCUT2D eigenvalue weighted by Crippen LogP contribution is 2.32. The average Bonchev–Trinajstić information content (AvgIpc) is 3.36. The summed E-state index contributed by atoms with van der Waals surface area (Å²) in [6.45, 7) is 2.33. The van der Waals surface area contributed by atoms with E-state index in [9.17, 15) is 0 Å². The number of hydrogen-bond acceptors (Lipinski definition) is 4. The maximum Gasteiger partial charge on any atom is 0.191 e. The van der Waals surface area contributed by atoms with Crippen LogP contribution in [0.4, 0.5) is 0 Å². The Morgan fingerprint density at radius 3 is 2.69 bits per heavy atom. The first-order valence-corrected chi connectivity index (χ1v) is 9.68. The Hall–Kier alpha value is -1.95. The van der Waals surface area contributed by atoms with E-state index in [0.29, 0.717) is 18.8 Å². The molecule has 0 spiro atoms. The molecule has 2 fully saturated rings. The monoisotopic (exact) mass is 361 g/mol. The standard InChI is InChI=1S/C20H31N3O3/c1-21-20(23-14-17-8-5-11-25-17)22-13-15-9-10-18(19(12-15)24-2)26-16-6-3-4-7-16/h9-10,12,16-17H,3-8,11,13-14H2,1-2H3,(H2,21,22,23). The Balaban J connectivity index is 1.51. The van der Waals surface area contributed by atoms with Crippen molar-refractivity contribution in [1.82, 2.24) is 10.6 Å². The van der Waals surface area contributed by atoms with Crippen LogP contribution in [0.5, 0.6) is 11.5 Å². The molecule has 1 aromatic carbocycles. The van der Waals surface area contributed by atoms with Gasteiger partial charge in [0.2, 0.25) is 0 Å². The van der Waals surface area contributed by atoms with Gasteiger partial charge < -0.3 is 24.8 Å². The number of nitrogens with zero attached hydrogens (tertiary/aromatic N) is 1. The zero-order valence-corrected chi connectivity index (χ0v) is 15.9. The lowest BCUT2D eigenvalue weighted by Gasteiger charge is -2.18. The molecule has 2 N–H and O–H groups in total. The van der Waals surface area contributed by atoms with E-state index in [1.54, 1.807) is 14.2 Å². The quantitative estimate of drug-likeness (QED) is 0.578. The van der Waals surface area contributed by atoms with E-state index < -0.39 is 0 Å². The van der Waals surface area contributed by atoms with Crippen LogP contribution >= 0.6 is 0 Å². The molecule has 1 saturated carbocycles. The summed E-state index contributed by atoms with van der Waals surface area (Å²) in [5.41, 5.74) is 1.13. The lowest BCUT2D eigenvalue weighted by Crippen LogP contribution is -2.40. The number of guanidine groups is 1. The molecule has 1 unspecified atom stereocenters. The first kappa shape index (κ1) is 18.8. The lowest BCUT2D eigenvalue weighted by atomic mass is 10.2. The van der Waals surface area contributed by atoms with Crippen LogP contribution in [0.15, 0.2) is 23.2 Å². The second-order valence-corrected chi connectivity index (χ2v) is 6.95. The topological polar surface area (TPSA) is 64.1 Å². The number of nitrogens with one attached hydrogen (secondary N) is 2. The van der Waals surface area contributed by atoms with E-state index in [-0.39, 0.29) is 0 Å². The van der Waals surface area contributed by atoms with E-state index in [2.05, 4.69) is 21.7 Å². The van der Waals surface area contributed by atoms with Crippen LogP contribution in [0, 0.1) is 0 Å². The van der Waals surface area contributed by atoms with E-state index >= 15 is 0 Å². The van der Waals surface area contributed by atoms with E-state index in [1.807, 2.05) is 12.1 Å². The zero-order chi connectivity index (χ0) is 18.2. The molecular weight excluding hydrogens is 330 g/mol. The number of hydrogen-bond donors (Lipinski definition) is 2. The fourth-order valence-electron chi connectivity index (χ4n) is 3.53. The molecule has 6 nitrogen and oxygen atoms in total. The first-order chi connectivity index (χ1) is 12.8. The Labute approximate surface area is 156 Å². The van der Waals surface area contributed by atoms with Gasteiger partial charge in [-0.25, -0.2) is 0 Å². The molecule has 6 heteroatoms. The average molecular weight is 361 g/mol. The van der Waals surface area contributed by atoms with Crippen LogP contribution < -0.4 is 20.1 Å². The molecule has 0 aromatic heterocycles. The van der Waals surface area contributed by atoms with Crippen LogP contribution in [0.2, 0.25) is 0 Å². The van der Waals surface area contributed by atoms with Crippen molar-refractivity contribution in [3.05, 3.63) is 23.8 Å². The highest BCUT2D eigenvalue weighted by Gasteiger charge is 2.19. The van der Waals surface area contributed by atoms with Crippen LogP contribution in [0.25, 0.3) is 0 Å². The minimum absolute atomic E-state index is 0.292. The molecule has 3 rings (SSSR count). The minimum Gasteiger partial charge on any atom is -0.493 e. The van der Waals surface area contributed by atoms with Crippen LogP contribution in [0.3, 0.4) is 0 Å². The lowest BCUT2D eigenvalue weighted by molar-refractivity contribution is 0.114. The van der Waals surface area contributed by atoms with Crippen molar-refractivity contribution >= 4 is 5.96 Å². The number of methoxy groups -OCH3 is 1. The van der Waals surface area contributed by atoms with Gasteiger partial charge in [-0.2, -0.15) is 0 Å². The Morgan fingerprint density at radius 1 is 1.15 bits per heavy atom. The largest absolute Gasteiger partial charge is 0.493 e. The molecule has 1 heterocycles. The molecule has 26 heavy (non-hydrogen) atoms. The third-order valence-electron chi connectivity index (χ3n) is 5.03. The smallest absolute Gasteiger partial charge is 0.191 e. The van der Waals surface area contributed by atoms with Crippen LogP contribution in [-0.4, -0.2) is 45.5 Å². The Kier molecular flexibility index (Phi) is 7.00. The second kappa shape index (κ2) is 9.67. The summed E-state index contributed by atoms with van der Waals surface area (Å²) < 4.78 is 17.3. The predicted molar refractivity (Wildman–Crippen MR) is 103 cm³/mol. The summed E-state index contributed by atoms with van der Waals surface area (Å²) in [5.74, 6) is 2.41. The third kappa shape index (κ3) is 5.27. The third-order valence-corrected chi connectivity index (χ3v) is 5.03. The van der Waals surface area contributed by atoms with Crippen molar-refractivity contribution in [2.24, 2.45) is 4.99 Å². The molecule has 1 saturated heterocycles. The molecule has 1 aliphatic heterocycles. The van der Waals surface area contributed by atoms with Gasteiger partial charge in [-0.1, -0.05) is 6.07 Å². The van der Waals surface area contributed by atoms with Crippen molar-refractivity contribution in [3.63, 3.8) is 0 Å². The minimum atomic E-state index is 0.292. The van der Waals surface area contributed by atoms with Gasteiger partial charge in [-0.05, 0) is 56.2 Å². The van der Waals surface area contributed by atoms with Crippen molar-refractivity contribution in [1.29, 1.82) is 0 Å². The summed E-state index contributed by atoms with van der Waals surface area (Å²) in [5, 5.41) is 6.67. The van der Waals surface area contributed by atoms with Gasteiger partial charge in [0, 0.05) is 26.7 Å². The van der Waals surface area contributed by atoms with E-state index in [0.717, 1.165) is 61.9 Å². The van der Waals surface area contributed by atoms with Crippen molar-refractivity contribution in [3.8, 4) is 11.5 Å². The summed E-state index contributed by atoms with van der Waals surface area (Å²) in [7, 11) is 3.47. The van der Waals surface area contributed by atoms with Gasteiger partial charge in [-0.3, -0.25) is 4.99 Å². The fraction of sp³-hybridized carbons (Fsp3) is 0.650.